The fourth-order valence-corrected chi connectivity index (χ4v) is 1.09. The Morgan fingerprint density at radius 3 is 3.06 bits per heavy atom. The molecule has 0 saturated heterocycles. The Morgan fingerprint density at radius 2 is 2.38 bits per heavy atom. The number of carboxylic acid groups (broad SMARTS) is 1. The molecule has 0 aliphatic heterocycles. The molecular weight excluding hydrogens is 212 g/mol. The highest BCUT2D eigenvalue weighted by molar-refractivity contribution is 5.85. The van der Waals surface area contributed by atoms with Crippen LogP contribution in [0, 0.1) is 0 Å². The van der Waals surface area contributed by atoms with Gasteiger partial charge in [-0.1, -0.05) is 11.2 Å². The topological polar surface area (TPSA) is 101 Å². The molecule has 0 spiro atoms. The predicted molar refractivity (Wildman–Crippen MR) is 52.8 cm³/mol. The number of hydrogen-bond acceptors (Lipinski definition) is 6. The molecule has 2 aromatic rings. The molecule has 2 N–H and O–H groups in total. The lowest BCUT2D eigenvalue weighted by Gasteiger charge is -2.02. The highest BCUT2D eigenvalue weighted by Gasteiger charge is 2.05. The van der Waals surface area contributed by atoms with E-state index in [0.717, 1.165) is 0 Å². The standard InChI is InChI=1S/C9H8N4O3/c14-9(15)6-2-1-3-7(12-6)10-4-8-11-5-16-13-8/h1-3,5H,4H2,(H,10,12)(H,14,15). The molecule has 0 unspecified atom stereocenters. The summed E-state index contributed by atoms with van der Waals surface area (Å²) in [5.41, 5.74) is -0.0156. The molecule has 2 heterocycles. The third-order valence-electron chi connectivity index (χ3n) is 1.80. The van der Waals surface area contributed by atoms with Gasteiger partial charge in [0.25, 0.3) is 0 Å². The molecule has 0 saturated carbocycles. The minimum atomic E-state index is -1.07. The lowest BCUT2D eigenvalue weighted by atomic mass is 10.3. The van der Waals surface area contributed by atoms with Crippen LogP contribution in [0.25, 0.3) is 0 Å². The average Bonchev–Trinajstić information content (AvgIpc) is 2.79. The number of nitrogens with zero attached hydrogens (tertiary/aromatic N) is 3. The van der Waals surface area contributed by atoms with Gasteiger partial charge in [-0.3, -0.25) is 0 Å². The Bertz CT molecular complexity index is 483. The van der Waals surface area contributed by atoms with Crippen molar-refractivity contribution < 1.29 is 14.4 Å². The maximum absolute atomic E-state index is 10.7. The van der Waals surface area contributed by atoms with Crippen LogP contribution in [0.4, 0.5) is 5.82 Å². The first-order chi connectivity index (χ1) is 7.75. The molecule has 2 rings (SSSR count). The van der Waals surface area contributed by atoms with E-state index in [1.54, 1.807) is 12.1 Å². The Kier molecular flexibility index (Phi) is 2.77. The molecule has 0 aromatic carbocycles. The minimum absolute atomic E-state index is 0.0156. The van der Waals surface area contributed by atoms with Gasteiger partial charge in [-0.15, -0.1) is 0 Å². The summed E-state index contributed by atoms with van der Waals surface area (Å²) in [6, 6.07) is 4.68. The largest absolute Gasteiger partial charge is 0.477 e. The van der Waals surface area contributed by atoms with Crippen molar-refractivity contribution in [3.63, 3.8) is 0 Å². The SMILES string of the molecule is O=C(O)c1cccc(NCc2ncon2)n1. The lowest BCUT2D eigenvalue weighted by molar-refractivity contribution is 0.0690. The van der Waals surface area contributed by atoms with Gasteiger partial charge in [0, 0.05) is 0 Å². The van der Waals surface area contributed by atoms with Crippen LogP contribution in [0.3, 0.4) is 0 Å². The fourth-order valence-electron chi connectivity index (χ4n) is 1.09. The van der Waals surface area contributed by atoms with Crippen LogP contribution in [-0.4, -0.2) is 26.2 Å². The number of carboxylic acids is 1. The van der Waals surface area contributed by atoms with E-state index in [1.165, 1.54) is 12.5 Å². The van der Waals surface area contributed by atoms with Crippen molar-refractivity contribution in [1.29, 1.82) is 0 Å². The number of aromatic carboxylic acids is 1. The number of pyridine rings is 1. The normalized spacial score (nSPS) is 10.0. The zero-order valence-corrected chi connectivity index (χ0v) is 8.12. The van der Waals surface area contributed by atoms with Crippen LogP contribution in [0.1, 0.15) is 16.3 Å². The zero-order valence-electron chi connectivity index (χ0n) is 8.12. The second-order valence-corrected chi connectivity index (χ2v) is 2.91. The van der Waals surface area contributed by atoms with E-state index >= 15 is 0 Å². The van der Waals surface area contributed by atoms with Crippen molar-refractivity contribution in [2.75, 3.05) is 5.32 Å². The summed E-state index contributed by atoms with van der Waals surface area (Å²) in [6.45, 7) is 0.326. The quantitative estimate of drug-likeness (QED) is 0.784. The molecule has 0 radical (unpaired) electrons. The van der Waals surface area contributed by atoms with Gasteiger partial charge in [-0.2, -0.15) is 4.98 Å². The van der Waals surface area contributed by atoms with Gasteiger partial charge in [-0.05, 0) is 12.1 Å². The van der Waals surface area contributed by atoms with Crippen LogP contribution in [-0.2, 0) is 6.54 Å². The summed E-state index contributed by atoms with van der Waals surface area (Å²) >= 11 is 0. The lowest BCUT2D eigenvalue weighted by Crippen LogP contribution is -2.06. The highest BCUT2D eigenvalue weighted by Crippen LogP contribution is 2.05. The Balaban J connectivity index is 2.04. The van der Waals surface area contributed by atoms with Gasteiger partial charge in [-0.25, -0.2) is 9.78 Å². The fraction of sp³-hybridized carbons (Fsp3) is 0.111. The second kappa shape index (κ2) is 4.39. The van der Waals surface area contributed by atoms with E-state index in [2.05, 4.69) is 25.0 Å². The van der Waals surface area contributed by atoms with Crippen molar-refractivity contribution in [1.82, 2.24) is 15.1 Å². The monoisotopic (exact) mass is 220 g/mol. The number of carbonyl (C=O) groups is 1. The summed E-state index contributed by atoms with van der Waals surface area (Å²) in [5.74, 6) is -0.143. The summed E-state index contributed by atoms with van der Waals surface area (Å²) in [5, 5.41) is 15.2. The molecule has 82 valence electrons. The minimum Gasteiger partial charge on any atom is -0.477 e. The van der Waals surface area contributed by atoms with Gasteiger partial charge < -0.3 is 14.9 Å². The second-order valence-electron chi connectivity index (χ2n) is 2.91. The highest BCUT2D eigenvalue weighted by atomic mass is 16.5. The molecule has 0 amide bonds. The molecule has 0 aliphatic carbocycles. The van der Waals surface area contributed by atoms with Crippen LogP contribution in [0.15, 0.2) is 29.1 Å². The zero-order chi connectivity index (χ0) is 11.4. The first-order valence-electron chi connectivity index (χ1n) is 4.45. The third kappa shape index (κ3) is 2.32. The summed E-state index contributed by atoms with van der Waals surface area (Å²) < 4.78 is 4.55. The number of hydrogen-bond donors (Lipinski definition) is 2. The third-order valence-corrected chi connectivity index (χ3v) is 1.80. The number of rotatable bonds is 4. The van der Waals surface area contributed by atoms with Gasteiger partial charge in [0.05, 0.1) is 6.54 Å². The van der Waals surface area contributed by atoms with E-state index in [-0.39, 0.29) is 5.69 Å². The average molecular weight is 220 g/mol. The number of aromatic nitrogens is 3. The smallest absolute Gasteiger partial charge is 0.354 e. The van der Waals surface area contributed by atoms with Crippen molar-refractivity contribution in [3.8, 4) is 0 Å². The maximum Gasteiger partial charge on any atom is 0.354 e. The Hall–Kier alpha value is -2.44. The van der Waals surface area contributed by atoms with Crippen molar-refractivity contribution in [2.45, 2.75) is 6.54 Å². The van der Waals surface area contributed by atoms with Crippen molar-refractivity contribution in [2.24, 2.45) is 0 Å². The molecule has 7 nitrogen and oxygen atoms in total. The first-order valence-corrected chi connectivity index (χ1v) is 4.45. The molecule has 7 heteroatoms. The Morgan fingerprint density at radius 1 is 1.50 bits per heavy atom. The number of anilines is 1. The van der Waals surface area contributed by atoms with Crippen LogP contribution in [0.5, 0.6) is 0 Å². The predicted octanol–water partition coefficient (Wildman–Crippen LogP) is 0.775. The van der Waals surface area contributed by atoms with Crippen molar-refractivity contribution in [3.05, 3.63) is 36.1 Å². The maximum atomic E-state index is 10.7. The molecule has 0 atom stereocenters. The summed E-state index contributed by atoms with van der Waals surface area (Å²) in [4.78, 5) is 18.3. The van der Waals surface area contributed by atoms with Gasteiger partial charge >= 0.3 is 5.97 Å². The van der Waals surface area contributed by atoms with E-state index in [9.17, 15) is 4.79 Å². The number of nitrogens with one attached hydrogen (secondary N) is 1. The Labute approximate surface area is 90.1 Å². The summed E-state index contributed by atoms with van der Waals surface area (Å²) in [7, 11) is 0. The van der Waals surface area contributed by atoms with Gasteiger partial charge in [0.1, 0.15) is 5.82 Å². The van der Waals surface area contributed by atoms with Gasteiger partial charge in [0.15, 0.2) is 11.5 Å². The first kappa shape index (κ1) is 10.1. The van der Waals surface area contributed by atoms with E-state index in [1.807, 2.05) is 0 Å². The van der Waals surface area contributed by atoms with E-state index in [4.69, 9.17) is 5.11 Å². The molecule has 0 fully saturated rings. The summed E-state index contributed by atoms with van der Waals surface area (Å²) in [6.07, 6.45) is 1.22. The molecule has 2 aromatic heterocycles. The van der Waals surface area contributed by atoms with Crippen LogP contribution in [0.2, 0.25) is 0 Å². The van der Waals surface area contributed by atoms with E-state index < -0.39 is 5.97 Å². The van der Waals surface area contributed by atoms with Crippen LogP contribution < -0.4 is 5.32 Å². The van der Waals surface area contributed by atoms with Crippen LogP contribution >= 0.6 is 0 Å². The molecular formula is C9H8N4O3. The molecule has 0 aliphatic rings. The van der Waals surface area contributed by atoms with Crippen molar-refractivity contribution >= 4 is 11.8 Å². The molecule has 16 heavy (non-hydrogen) atoms. The van der Waals surface area contributed by atoms with Gasteiger partial charge in [0.2, 0.25) is 6.39 Å². The molecule has 0 bridgehead atoms. The van der Waals surface area contributed by atoms with E-state index in [0.29, 0.717) is 18.2 Å².